The number of ether oxygens (including phenoxy) is 3. The first-order chi connectivity index (χ1) is 27.0. The van der Waals surface area contributed by atoms with Gasteiger partial charge in [-0.1, -0.05) is 60.1 Å². The number of likely N-dealkylation sites (tertiary alicyclic amines) is 1. The second-order valence-electron chi connectivity index (χ2n) is 14.2. The summed E-state index contributed by atoms with van der Waals surface area (Å²) in [5.41, 5.74) is 4.61. The molecule has 0 unspecified atom stereocenters. The van der Waals surface area contributed by atoms with Crippen LogP contribution in [0.25, 0.3) is 22.4 Å². The van der Waals surface area contributed by atoms with Gasteiger partial charge in [0, 0.05) is 60.4 Å². The molecule has 2 aromatic carbocycles. The maximum Gasteiger partial charge on any atom is 0.421 e. The molecule has 7 rings (SSSR count). The highest BCUT2D eigenvalue weighted by molar-refractivity contribution is 6.36. The highest BCUT2D eigenvalue weighted by atomic mass is 35.5. The lowest BCUT2D eigenvalue weighted by Crippen LogP contribution is -2.35. The second kappa shape index (κ2) is 16.6. The molecule has 2 fully saturated rings. The standard InChI is InChI=1S/C42H43ClF3N5O5/c1-4-27-13-14-28(23-52)51(27)22-25-19-34(42(44,45)46)41(50-40(25)55-3)56-36-17-15-30-29(7-5-8-31(30)36)32-9-6-10-33(38(32)43)35-16-11-24(39(49-35)54-2)20-47-21-26-12-18-37(53)48-26/h4-11,16,19,23,26-28,36,47H,1,12-15,17-18,20-22H2,2-3H3,(H,48,53)/t26-,27-,28-,36-/m0/s1. The van der Waals surface area contributed by atoms with Crippen molar-refractivity contribution in [1.82, 2.24) is 25.5 Å². The molecule has 56 heavy (non-hydrogen) atoms. The van der Waals surface area contributed by atoms with E-state index in [1.165, 1.54) is 7.11 Å². The van der Waals surface area contributed by atoms with E-state index in [9.17, 15) is 22.8 Å². The highest BCUT2D eigenvalue weighted by Gasteiger charge is 2.40. The third kappa shape index (κ3) is 7.98. The molecule has 4 heterocycles. The lowest BCUT2D eigenvalue weighted by atomic mass is 9.94. The smallest absolute Gasteiger partial charge is 0.421 e. The van der Waals surface area contributed by atoms with Gasteiger partial charge in [0.15, 0.2) is 0 Å². The molecule has 4 aromatic rings. The number of nitrogens with one attached hydrogen (secondary N) is 2. The number of hydrogen-bond donors (Lipinski definition) is 2. The lowest BCUT2D eigenvalue weighted by Gasteiger charge is -2.27. The molecule has 3 aliphatic rings. The number of carbonyl (C=O) groups excluding carboxylic acids is 2. The van der Waals surface area contributed by atoms with Gasteiger partial charge >= 0.3 is 6.18 Å². The molecule has 10 nitrogen and oxygen atoms in total. The topological polar surface area (TPSA) is 115 Å². The number of fused-ring (bicyclic) bond motifs is 1. The largest absolute Gasteiger partial charge is 0.481 e. The minimum Gasteiger partial charge on any atom is -0.481 e. The second-order valence-corrected chi connectivity index (χ2v) is 14.6. The summed E-state index contributed by atoms with van der Waals surface area (Å²) in [6.45, 7) is 5.01. The zero-order valence-electron chi connectivity index (χ0n) is 31.1. The predicted molar refractivity (Wildman–Crippen MR) is 206 cm³/mol. The highest BCUT2D eigenvalue weighted by Crippen LogP contribution is 2.46. The number of nitrogens with zero attached hydrogens (tertiary/aromatic N) is 3. The number of alkyl halides is 3. The molecule has 0 bridgehead atoms. The Hall–Kier alpha value is -4.98. The van der Waals surface area contributed by atoms with Crippen molar-refractivity contribution >= 4 is 23.8 Å². The number of aromatic nitrogens is 2. The number of hydrogen-bond acceptors (Lipinski definition) is 9. The first-order valence-electron chi connectivity index (χ1n) is 18.6. The summed E-state index contributed by atoms with van der Waals surface area (Å²) in [6.07, 6.45) is 0.596. The molecule has 2 aromatic heterocycles. The minimum atomic E-state index is -4.77. The normalized spacial score (nSPS) is 20.8. The summed E-state index contributed by atoms with van der Waals surface area (Å²) in [7, 11) is 2.91. The number of halogens is 4. The number of aldehydes is 1. The summed E-state index contributed by atoms with van der Waals surface area (Å²) >= 11 is 7.13. The quantitative estimate of drug-likeness (QED) is 0.0983. The molecule has 1 amide bonds. The molecule has 14 heteroatoms. The molecule has 0 spiro atoms. The van der Waals surface area contributed by atoms with Crippen LogP contribution in [-0.2, 0) is 35.3 Å². The van der Waals surface area contributed by atoms with Gasteiger partial charge in [0.2, 0.25) is 23.5 Å². The van der Waals surface area contributed by atoms with Gasteiger partial charge in [-0.15, -0.1) is 6.58 Å². The van der Waals surface area contributed by atoms with Crippen LogP contribution in [0.3, 0.4) is 0 Å². The minimum absolute atomic E-state index is 0.00321. The van der Waals surface area contributed by atoms with Gasteiger partial charge in [0.1, 0.15) is 18.0 Å². The third-order valence-corrected chi connectivity index (χ3v) is 11.3. The van der Waals surface area contributed by atoms with Crippen molar-refractivity contribution in [3.05, 3.63) is 100 Å². The Kier molecular flexibility index (Phi) is 11.7. The van der Waals surface area contributed by atoms with Crippen LogP contribution in [0.5, 0.6) is 17.6 Å². The summed E-state index contributed by atoms with van der Waals surface area (Å²) in [5.74, 6) is -0.0546. The van der Waals surface area contributed by atoms with Crippen molar-refractivity contribution in [3.63, 3.8) is 0 Å². The Balaban J connectivity index is 1.14. The van der Waals surface area contributed by atoms with Crippen molar-refractivity contribution in [3.8, 4) is 40.0 Å². The van der Waals surface area contributed by atoms with Crippen LogP contribution in [0.1, 0.15) is 66.0 Å². The van der Waals surface area contributed by atoms with Crippen molar-refractivity contribution in [2.24, 2.45) is 0 Å². The van der Waals surface area contributed by atoms with E-state index in [-0.39, 0.29) is 36.0 Å². The van der Waals surface area contributed by atoms with Crippen molar-refractivity contribution in [2.45, 2.75) is 82.0 Å². The van der Waals surface area contributed by atoms with E-state index in [0.717, 1.165) is 46.6 Å². The first kappa shape index (κ1) is 39.3. The average molecular weight is 790 g/mol. The maximum atomic E-state index is 14.6. The van der Waals surface area contributed by atoms with Crippen molar-refractivity contribution in [2.75, 3.05) is 20.8 Å². The van der Waals surface area contributed by atoms with E-state index < -0.39 is 29.8 Å². The fourth-order valence-corrected chi connectivity index (χ4v) is 8.38. The monoisotopic (exact) mass is 789 g/mol. The van der Waals surface area contributed by atoms with E-state index in [2.05, 4.69) is 22.2 Å². The molecular formula is C42H43ClF3N5O5. The number of pyridine rings is 2. The Bertz CT molecular complexity index is 2120. The average Bonchev–Trinajstić information content (AvgIpc) is 3.92. The van der Waals surface area contributed by atoms with Crippen LogP contribution in [0.4, 0.5) is 13.2 Å². The zero-order valence-corrected chi connectivity index (χ0v) is 31.9. The fraction of sp³-hybridized carbons (Fsp3) is 0.381. The lowest BCUT2D eigenvalue weighted by molar-refractivity contribution is -0.139. The Morgan fingerprint density at radius 3 is 2.38 bits per heavy atom. The van der Waals surface area contributed by atoms with Gasteiger partial charge in [0.05, 0.1) is 31.0 Å². The maximum absolute atomic E-state index is 14.6. The third-order valence-electron chi connectivity index (χ3n) is 10.9. The molecule has 0 saturated carbocycles. The van der Waals surface area contributed by atoms with E-state index in [1.54, 1.807) is 13.2 Å². The summed E-state index contributed by atoms with van der Waals surface area (Å²) in [6, 6.07) is 15.7. The van der Waals surface area contributed by atoms with Crippen LogP contribution < -0.4 is 24.8 Å². The van der Waals surface area contributed by atoms with Crippen molar-refractivity contribution in [1.29, 1.82) is 0 Å². The van der Waals surface area contributed by atoms with Gasteiger partial charge in [-0.3, -0.25) is 9.69 Å². The number of amides is 1. The van der Waals surface area contributed by atoms with Crippen LogP contribution >= 0.6 is 11.6 Å². The predicted octanol–water partition coefficient (Wildman–Crippen LogP) is 7.65. The number of methoxy groups -OCH3 is 2. The Morgan fingerprint density at radius 2 is 1.66 bits per heavy atom. The van der Waals surface area contributed by atoms with E-state index >= 15 is 0 Å². The van der Waals surface area contributed by atoms with Crippen LogP contribution in [0.15, 0.2) is 67.3 Å². The molecular weight excluding hydrogens is 747 g/mol. The van der Waals surface area contributed by atoms with E-state index in [4.69, 9.17) is 30.8 Å². The molecule has 1 aliphatic carbocycles. The molecule has 4 atom stereocenters. The van der Waals surface area contributed by atoms with Gasteiger partial charge < -0.3 is 29.6 Å². The van der Waals surface area contributed by atoms with Crippen molar-refractivity contribution < 1.29 is 37.0 Å². The van der Waals surface area contributed by atoms with E-state index in [1.807, 2.05) is 53.4 Å². The van der Waals surface area contributed by atoms with E-state index in [0.29, 0.717) is 67.4 Å². The summed E-state index contributed by atoms with van der Waals surface area (Å²) < 4.78 is 61.2. The first-order valence-corrected chi connectivity index (χ1v) is 19.0. The summed E-state index contributed by atoms with van der Waals surface area (Å²) in [4.78, 5) is 34.2. The van der Waals surface area contributed by atoms with Gasteiger partial charge in [-0.2, -0.15) is 18.2 Å². The van der Waals surface area contributed by atoms with Gasteiger partial charge in [0.25, 0.3) is 0 Å². The molecule has 0 radical (unpaired) electrons. The summed E-state index contributed by atoms with van der Waals surface area (Å²) in [5, 5.41) is 6.79. The SMILES string of the molecule is C=C[C@H]1CC[C@@H](C=O)N1Cc1cc(C(F)(F)F)c(O[C@H]2CCc3c(-c4cccc(-c5ccc(CNC[C@@H]6CCC(=O)N6)c(OC)n5)c4Cl)cccc32)nc1OC. The van der Waals surface area contributed by atoms with Gasteiger partial charge in [-0.05, 0) is 60.9 Å². The number of rotatable bonds is 14. The van der Waals surface area contributed by atoms with Crippen LogP contribution in [0.2, 0.25) is 5.02 Å². The zero-order chi connectivity index (χ0) is 39.6. The van der Waals surface area contributed by atoms with Gasteiger partial charge in [-0.25, -0.2) is 4.98 Å². The number of benzene rings is 2. The van der Waals surface area contributed by atoms with Crippen LogP contribution in [-0.4, -0.2) is 66.0 Å². The van der Waals surface area contributed by atoms with Crippen LogP contribution in [0, 0.1) is 0 Å². The Labute approximate surface area is 328 Å². The Morgan fingerprint density at radius 1 is 0.929 bits per heavy atom. The molecule has 294 valence electrons. The molecule has 2 N–H and O–H groups in total. The molecule has 2 aliphatic heterocycles. The molecule has 2 saturated heterocycles. The fourth-order valence-electron chi connectivity index (χ4n) is 8.06. The number of carbonyl (C=O) groups is 2.